The van der Waals surface area contributed by atoms with E-state index in [9.17, 15) is 0 Å². The molecule has 0 aromatic rings. The lowest BCUT2D eigenvalue weighted by Gasteiger charge is -2.18. The third kappa shape index (κ3) is 4.40. The average molecular weight is 199 g/mol. The number of likely N-dealkylation sites (N-methyl/N-ethyl adjacent to an activating group) is 1. The summed E-state index contributed by atoms with van der Waals surface area (Å²) >= 11 is 0. The highest BCUT2D eigenvalue weighted by Crippen LogP contribution is 2.14. The predicted octanol–water partition coefficient (Wildman–Crippen LogP) is 0.479. The Balaban J connectivity index is 2.08. The quantitative estimate of drug-likeness (QED) is 0.671. The Kier molecular flexibility index (Phi) is 5.45. The summed E-state index contributed by atoms with van der Waals surface area (Å²) in [4.78, 5) is 4.85. The topological polar surface area (TPSA) is 18.5 Å². The van der Waals surface area contributed by atoms with Gasteiger partial charge in [0, 0.05) is 19.6 Å². The van der Waals surface area contributed by atoms with E-state index < -0.39 is 0 Å². The van der Waals surface area contributed by atoms with E-state index in [1.807, 2.05) is 0 Å². The maximum Gasteiger partial charge on any atom is 0.0109 e. The summed E-state index contributed by atoms with van der Waals surface area (Å²) in [5, 5.41) is 3.44. The van der Waals surface area contributed by atoms with Gasteiger partial charge in [0.15, 0.2) is 0 Å². The number of hydrogen-bond donors (Lipinski definition) is 1. The summed E-state index contributed by atoms with van der Waals surface area (Å²) in [5.41, 5.74) is 0. The zero-order chi connectivity index (χ0) is 10.4. The molecule has 0 radical (unpaired) electrons. The number of likely N-dealkylation sites (tertiary alicyclic amines) is 1. The molecule has 3 heteroatoms. The Morgan fingerprint density at radius 3 is 2.86 bits per heavy atom. The number of rotatable bonds is 6. The lowest BCUT2D eigenvalue weighted by Crippen LogP contribution is -2.31. The van der Waals surface area contributed by atoms with E-state index in [1.54, 1.807) is 0 Å². The molecule has 1 rings (SSSR count). The molecule has 0 aliphatic carbocycles. The number of hydrogen-bond acceptors (Lipinski definition) is 3. The van der Waals surface area contributed by atoms with Crippen molar-refractivity contribution in [3.63, 3.8) is 0 Å². The second-order valence-electron chi connectivity index (χ2n) is 4.57. The Morgan fingerprint density at radius 1 is 1.43 bits per heavy atom. The zero-order valence-electron chi connectivity index (χ0n) is 9.92. The summed E-state index contributed by atoms with van der Waals surface area (Å²) in [6.45, 7) is 9.50. The van der Waals surface area contributed by atoms with Crippen LogP contribution in [0.25, 0.3) is 0 Å². The van der Waals surface area contributed by atoms with Crippen LogP contribution in [0.1, 0.15) is 13.3 Å². The van der Waals surface area contributed by atoms with Gasteiger partial charge < -0.3 is 15.1 Å². The van der Waals surface area contributed by atoms with Gasteiger partial charge in [0.2, 0.25) is 0 Å². The zero-order valence-corrected chi connectivity index (χ0v) is 9.92. The highest BCUT2D eigenvalue weighted by molar-refractivity contribution is 4.77. The van der Waals surface area contributed by atoms with Gasteiger partial charge >= 0.3 is 0 Å². The molecular formula is C11H25N3. The standard InChI is InChI=1S/C11H25N3/c1-4-12-9-11-5-6-14(10-11)8-7-13(2)3/h11-12H,4-10H2,1-3H3. The SMILES string of the molecule is CCNCC1CCN(CCN(C)C)C1. The highest BCUT2D eigenvalue weighted by Gasteiger charge is 2.21. The van der Waals surface area contributed by atoms with Crippen LogP contribution < -0.4 is 5.32 Å². The van der Waals surface area contributed by atoms with E-state index in [-0.39, 0.29) is 0 Å². The van der Waals surface area contributed by atoms with Crippen LogP contribution in [0.5, 0.6) is 0 Å². The van der Waals surface area contributed by atoms with Gasteiger partial charge in [-0.15, -0.1) is 0 Å². The fraction of sp³-hybridized carbons (Fsp3) is 1.00. The summed E-state index contributed by atoms with van der Waals surface area (Å²) in [6.07, 6.45) is 1.38. The van der Waals surface area contributed by atoms with Crippen molar-refractivity contribution in [1.82, 2.24) is 15.1 Å². The van der Waals surface area contributed by atoms with E-state index in [0.29, 0.717) is 0 Å². The first-order chi connectivity index (χ1) is 6.72. The summed E-state index contributed by atoms with van der Waals surface area (Å²) in [6, 6.07) is 0. The van der Waals surface area contributed by atoms with E-state index in [0.717, 1.165) is 12.5 Å². The van der Waals surface area contributed by atoms with Gasteiger partial charge in [0.1, 0.15) is 0 Å². The van der Waals surface area contributed by atoms with Crippen LogP contribution >= 0.6 is 0 Å². The van der Waals surface area contributed by atoms with Crippen LogP contribution in [-0.2, 0) is 0 Å². The van der Waals surface area contributed by atoms with E-state index in [4.69, 9.17) is 0 Å². The van der Waals surface area contributed by atoms with Crippen molar-refractivity contribution in [3.8, 4) is 0 Å². The first-order valence-electron chi connectivity index (χ1n) is 5.80. The molecule has 1 aliphatic heterocycles. The molecule has 0 bridgehead atoms. The largest absolute Gasteiger partial charge is 0.317 e. The molecule has 14 heavy (non-hydrogen) atoms. The third-order valence-corrected chi connectivity index (χ3v) is 2.92. The summed E-state index contributed by atoms with van der Waals surface area (Å²) in [7, 11) is 4.29. The third-order valence-electron chi connectivity index (χ3n) is 2.92. The van der Waals surface area contributed by atoms with Gasteiger partial charge in [0.05, 0.1) is 0 Å². The summed E-state index contributed by atoms with van der Waals surface area (Å²) < 4.78 is 0. The van der Waals surface area contributed by atoms with E-state index in [2.05, 4.69) is 36.1 Å². The van der Waals surface area contributed by atoms with Crippen molar-refractivity contribution in [2.45, 2.75) is 13.3 Å². The molecule has 84 valence electrons. The fourth-order valence-corrected chi connectivity index (χ4v) is 1.97. The number of nitrogens with one attached hydrogen (secondary N) is 1. The maximum absolute atomic E-state index is 3.44. The Hall–Kier alpha value is -0.120. The minimum absolute atomic E-state index is 0.886. The van der Waals surface area contributed by atoms with Crippen LogP contribution in [0, 0.1) is 5.92 Å². The van der Waals surface area contributed by atoms with Gasteiger partial charge in [-0.05, 0) is 46.1 Å². The summed E-state index contributed by atoms with van der Waals surface area (Å²) in [5.74, 6) is 0.886. The first-order valence-corrected chi connectivity index (χ1v) is 5.80. The maximum atomic E-state index is 3.44. The Bertz CT molecular complexity index is 147. The van der Waals surface area contributed by atoms with Crippen LogP contribution in [-0.4, -0.2) is 63.2 Å². The molecule has 1 atom stereocenters. The van der Waals surface area contributed by atoms with Gasteiger partial charge in [-0.2, -0.15) is 0 Å². The monoisotopic (exact) mass is 199 g/mol. The van der Waals surface area contributed by atoms with E-state index >= 15 is 0 Å². The average Bonchev–Trinajstić information content (AvgIpc) is 2.59. The lowest BCUT2D eigenvalue weighted by molar-refractivity contribution is 0.275. The minimum atomic E-state index is 0.886. The second kappa shape index (κ2) is 6.38. The molecule has 0 aromatic heterocycles. The molecule has 0 amide bonds. The smallest absolute Gasteiger partial charge is 0.0109 e. The van der Waals surface area contributed by atoms with Crippen molar-refractivity contribution >= 4 is 0 Å². The normalized spacial score (nSPS) is 23.6. The molecule has 0 spiro atoms. The minimum Gasteiger partial charge on any atom is -0.317 e. The van der Waals surface area contributed by atoms with Crippen LogP contribution in [0.15, 0.2) is 0 Å². The van der Waals surface area contributed by atoms with Crippen molar-refractivity contribution < 1.29 is 0 Å². The van der Waals surface area contributed by atoms with Crippen LogP contribution in [0.4, 0.5) is 0 Å². The molecule has 1 aliphatic rings. The van der Waals surface area contributed by atoms with Crippen LogP contribution in [0.3, 0.4) is 0 Å². The second-order valence-corrected chi connectivity index (χ2v) is 4.57. The molecule has 1 N–H and O–H groups in total. The van der Waals surface area contributed by atoms with Crippen molar-refractivity contribution in [2.75, 3.05) is 53.4 Å². The molecule has 1 saturated heterocycles. The molecule has 1 unspecified atom stereocenters. The van der Waals surface area contributed by atoms with Crippen molar-refractivity contribution in [1.29, 1.82) is 0 Å². The van der Waals surface area contributed by atoms with Crippen molar-refractivity contribution in [2.24, 2.45) is 5.92 Å². The Morgan fingerprint density at radius 2 is 2.21 bits per heavy atom. The Labute approximate surface area is 88.5 Å². The van der Waals surface area contributed by atoms with Gasteiger partial charge in [-0.1, -0.05) is 6.92 Å². The van der Waals surface area contributed by atoms with Gasteiger partial charge in [-0.3, -0.25) is 0 Å². The van der Waals surface area contributed by atoms with E-state index in [1.165, 1.54) is 39.1 Å². The molecule has 1 fully saturated rings. The van der Waals surface area contributed by atoms with Crippen molar-refractivity contribution in [3.05, 3.63) is 0 Å². The first kappa shape index (κ1) is 12.0. The molecule has 0 saturated carbocycles. The highest BCUT2D eigenvalue weighted by atomic mass is 15.2. The van der Waals surface area contributed by atoms with Gasteiger partial charge in [0.25, 0.3) is 0 Å². The van der Waals surface area contributed by atoms with Crippen LogP contribution in [0.2, 0.25) is 0 Å². The molecule has 3 nitrogen and oxygen atoms in total. The van der Waals surface area contributed by atoms with Gasteiger partial charge in [-0.25, -0.2) is 0 Å². The molecule has 0 aromatic carbocycles. The number of nitrogens with zero attached hydrogens (tertiary/aromatic N) is 2. The molecular weight excluding hydrogens is 174 g/mol. The lowest BCUT2D eigenvalue weighted by atomic mass is 10.1. The fourth-order valence-electron chi connectivity index (χ4n) is 1.97. The molecule has 1 heterocycles. The predicted molar refractivity (Wildman–Crippen MR) is 61.6 cm³/mol.